The number of rotatable bonds is 13. The molecule has 0 saturated heterocycles. The maximum Gasteiger partial charge on any atom is 0.0830 e. The number of unbranched alkanes of at least 4 members (excludes halogenated alkanes) is 2. The number of ether oxygens (including phenoxy) is 2. The lowest BCUT2D eigenvalue weighted by Crippen LogP contribution is -2.27. The van der Waals surface area contributed by atoms with Gasteiger partial charge >= 0.3 is 0 Å². The molecule has 20 heavy (non-hydrogen) atoms. The Kier molecular flexibility index (Phi) is 12.6. The summed E-state index contributed by atoms with van der Waals surface area (Å²) in [5, 5.41) is 0. The van der Waals surface area contributed by atoms with Crippen LogP contribution in [0.1, 0.15) is 79.6 Å². The fourth-order valence-corrected chi connectivity index (χ4v) is 2.61. The fourth-order valence-electron chi connectivity index (χ4n) is 2.61. The zero-order valence-corrected chi connectivity index (χ0v) is 14.8. The standard InChI is InChI=1S/C18H38O2/c1-7-8-9-11-16(4)12-10-13-17(5)18(19-6)14-20-15(2)3/h15-18H,7-14H2,1-6H3. The molecule has 2 nitrogen and oxygen atoms in total. The molecule has 0 aliphatic rings. The average Bonchev–Trinajstić information content (AvgIpc) is 2.39. The first-order valence-corrected chi connectivity index (χ1v) is 8.65. The second-order valence-corrected chi connectivity index (χ2v) is 6.67. The minimum Gasteiger partial charge on any atom is -0.379 e. The first-order valence-electron chi connectivity index (χ1n) is 8.65. The Hall–Kier alpha value is -0.0800. The van der Waals surface area contributed by atoms with E-state index in [1.807, 2.05) is 0 Å². The topological polar surface area (TPSA) is 18.5 Å². The van der Waals surface area contributed by atoms with Crippen molar-refractivity contribution >= 4 is 0 Å². The van der Waals surface area contributed by atoms with E-state index >= 15 is 0 Å². The van der Waals surface area contributed by atoms with Crippen molar-refractivity contribution in [3.63, 3.8) is 0 Å². The van der Waals surface area contributed by atoms with Crippen LogP contribution in [-0.4, -0.2) is 25.9 Å². The molecule has 0 radical (unpaired) electrons. The van der Waals surface area contributed by atoms with Gasteiger partial charge in [0.2, 0.25) is 0 Å². The third kappa shape index (κ3) is 10.7. The van der Waals surface area contributed by atoms with Gasteiger partial charge in [-0.05, 0) is 32.1 Å². The fraction of sp³-hybridized carbons (Fsp3) is 1.00. The number of methoxy groups -OCH3 is 1. The van der Waals surface area contributed by atoms with Gasteiger partial charge in [-0.2, -0.15) is 0 Å². The minimum atomic E-state index is 0.243. The predicted octanol–water partition coefficient (Wildman–Crippen LogP) is 5.45. The van der Waals surface area contributed by atoms with Gasteiger partial charge in [0.25, 0.3) is 0 Å². The summed E-state index contributed by atoms with van der Waals surface area (Å²) < 4.78 is 11.3. The molecule has 0 rings (SSSR count). The Morgan fingerprint density at radius 3 is 2.05 bits per heavy atom. The van der Waals surface area contributed by atoms with E-state index in [1.54, 1.807) is 7.11 Å². The Morgan fingerprint density at radius 2 is 1.50 bits per heavy atom. The van der Waals surface area contributed by atoms with E-state index in [2.05, 4.69) is 34.6 Å². The molecule has 0 saturated carbocycles. The molecule has 0 heterocycles. The van der Waals surface area contributed by atoms with Crippen LogP contribution in [0.25, 0.3) is 0 Å². The molecule has 0 aromatic heterocycles. The Bertz CT molecular complexity index is 204. The van der Waals surface area contributed by atoms with Crippen molar-refractivity contribution < 1.29 is 9.47 Å². The maximum atomic E-state index is 5.68. The second kappa shape index (κ2) is 12.6. The van der Waals surface area contributed by atoms with E-state index in [0.717, 1.165) is 12.5 Å². The molecule has 0 N–H and O–H groups in total. The molecule has 3 unspecified atom stereocenters. The van der Waals surface area contributed by atoms with Crippen LogP contribution < -0.4 is 0 Å². The van der Waals surface area contributed by atoms with E-state index in [4.69, 9.17) is 9.47 Å². The van der Waals surface area contributed by atoms with Crippen LogP contribution in [0.2, 0.25) is 0 Å². The summed E-state index contributed by atoms with van der Waals surface area (Å²) in [5.41, 5.74) is 0. The Labute approximate surface area is 127 Å². The quantitative estimate of drug-likeness (QED) is 0.419. The lowest BCUT2D eigenvalue weighted by molar-refractivity contribution is -0.0401. The summed E-state index contributed by atoms with van der Waals surface area (Å²) in [6, 6.07) is 0. The summed E-state index contributed by atoms with van der Waals surface area (Å²) in [6.45, 7) is 11.8. The lowest BCUT2D eigenvalue weighted by atomic mass is 9.92. The van der Waals surface area contributed by atoms with Crippen molar-refractivity contribution in [2.24, 2.45) is 11.8 Å². The van der Waals surface area contributed by atoms with Crippen LogP contribution in [0.4, 0.5) is 0 Å². The Morgan fingerprint density at radius 1 is 0.850 bits per heavy atom. The van der Waals surface area contributed by atoms with Gasteiger partial charge in [-0.1, -0.05) is 59.3 Å². The van der Waals surface area contributed by atoms with Crippen LogP contribution in [-0.2, 0) is 9.47 Å². The molecule has 0 amide bonds. The van der Waals surface area contributed by atoms with Gasteiger partial charge in [-0.15, -0.1) is 0 Å². The molecule has 122 valence electrons. The first kappa shape index (κ1) is 19.9. The van der Waals surface area contributed by atoms with Gasteiger partial charge in [0, 0.05) is 7.11 Å². The van der Waals surface area contributed by atoms with E-state index in [0.29, 0.717) is 12.0 Å². The normalized spacial score (nSPS) is 16.4. The van der Waals surface area contributed by atoms with Gasteiger partial charge in [0.1, 0.15) is 0 Å². The van der Waals surface area contributed by atoms with Crippen molar-refractivity contribution in [2.45, 2.75) is 91.8 Å². The van der Waals surface area contributed by atoms with Crippen LogP contribution >= 0.6 is 0 Å². The van der Waals surface area contributed by atoms with Gasteiger partial charge in [0.15, 0.2) is 0 Å². The van der Waals surface area contributed by atoms with Crippen molar-refractivity contribution in [2.75, 3.05) is 13.7 Å². The zero-order chi connectivity index (χ0) is 15.4. The highest BCUT2D eigenvalue weighted by Crippen LogP contribution is 2.20. The summed E-state index contributed by atoms with van der Waals surface area (Å²) in [5.74, 6) is 1.46. The highest BCUT2D eigenvalue weighted by Gasteiger charge is 2.17. The molecule has 0 spiro atoms. The van der Waals surface area contributed by atoms with Crippen molar-refractivity contribution in [3.05, 3.63) is 0 Å². The molecule has 0 aliphatic carbocycles. The minimum absolute atomic E-state index is 0.243. The van der Waals surface area contributed by atoms with Crippen LogP contribution in [0.15, 0.2) is 0 Å². The SMILES string of the molecule is CCCCCC(C)CCCC(C)C(COC(C)C)OC. The molecule has 0 aliphatic heterocycles. The van der Waals surface area contributed by atoms with Gasteiger partial charge in [-0.25, -0.2) is 0 Å². The van der Waals surface area contributed by atoms with Crippen LogP contribution in [0.3, 0.4) is 0 Å². The van der Waals surface area contributed by atoms with Gasteiger partial charge < -0.3 is 9.47 Å². The summed E-state index contributed by atoms with van der Waals surface area (Å²) in [4.78, 5) is 0. The average molecular weight is 286 g/mol. The molecule has 0 bridgehead atoms. The lowest BCUT2D eigenvalue weighted by Gasteiger charge is -2.24. The molecule has 0 fully saturated rings. The number of hydrogen-bond acceptors (Lipinski definition) is 2. The third-order valence-electron chi connectivity index (χ3n) is 4.19. The summed E-state index contributed by atoms with van der Waals surface area (Å²) >= 11 is 0. The first-order chi connectivity index (χ1) is 9.51. The van der Waals surface area contributed by atoms with Crippen molar-refractivity contribution in [1.29, 1.82) is 0 Å². The third-order valence-corrected chi connectivity index (χ3v) is 4.19. The highest BCUT2D eigenvalue weighted by molar-refractivity contribution is 4.67. The second-order valence-electron chi connectivity index (χ2n) is 6.67. The largest absolute Gasteiger partial charge is 0.379 e. The smallest absolute Gasteiger partial charge is 0.0830 e. The Balaban J connectivity index is 3.75. The van der Waals surface area contributed by atoms with Gasteiger partial charge in [0.05, 0.1) is 18.8 Å². The predicted molar refractivity (Wildman–Crippen MR) is 88.2 cm³/mol. The highest BCUT2D eigenvalue weighted by atomic mass is 16.5. The monoisotopic (exact) mass is 286 g/mol. The molecule has 0 aromatic carbocycles. The molecule has 2 heteroatoms. The van der Waals surface area contributed by atoms with Crippen molar-refractivity contribution in [3.8, 4) is 0 Å². The van der Waals surface area contributed by atoms with E-state index in [1.165, 1.54) is 44.9 Å². The maximum absolute atomic E-state index is 5.68. The van der Waals surface area contributed by atoms with Crippen molar-refractivity contribution in [1.82, 2.24) is 0 Å². The van der Waals surface area contributed by atoms with Gasteiger partial charge in [-0.3, -0.25) is 0 Å². The molecule has 0 aromatic rings. The molecular formula is C18H38O2. The summed E-state index contributed by atoms with van der Waals surface area (Å²) in [7, 11) is 1.80. The van der Waals surface area contributed by atoms with E-state index in [-0.39, 0.29) is 6.10 Å². The molecule has 3 atom stereocenters. The van der Waals surface area contributed by atoms with Crippen LogP contribution in [0, 0.1) is 11.8 Å². The molecular weight excluding hydrogens is 248 g/mol. The van der Waals surface area contributed by atoms with E-state index in [9.17, 15) is 0 Å². The zero-order valence-electron chi connectivity index (χ0n) is 14.8. The van der Waals surface area contributed by atoms with E-state index < -0.39 is 0 Å². The van der Waals surface area contributed by atoms with Crippen LogP contribution in [0.5, 0.6) is 0 Å². The number of hydrogen-bond donors (Lipinski definition) is 0. The summed E-state index contributed by atoms with van der Waals surface area (Å²) in [6.07, 6.45) is 9.96.